The van der Waals surface area contributed by atoms with Gasteiger partial charge in [-0.2, -0.15) is 0 Å². The highest BCUT2D eigenvalue weighted by Crippen LogP contribution is 2.47. The lowest BCUT2D eigenvalue weighted by atomic mass is 9.92. The lowest BCUT2D eigenvalue weighted by Gasteiger charge is -2.39. The number of rotatable bonds is 0. The van der Waals surface area contributed by atoms with Gasteiger partial charge in [-0.3, -0.25) is 0 Å². The number of aliphatic hydroxyl groups is 1. The Morgan fingerprint density at radius 1 is 1.13 bits per heavy atom. The maximum atomic E-state index is 9.42. The van der Waals surface area contributed by atoms with Gasteiger partial charge in [0.2, 0.25) is 0 Å². The first kappa shape index (κ1) is 10.0. The van der Waals surface area contributed by atoms with E-state index in [0.29, 0.717) is 11.8 Å². The van der Waals surface area contributed by atoms with Crippen molar-refractivity contribution in [1.82, 2.24) is 0 Å². The Labute approximate surface area is 89.5 Å². The molecule has 0 aromatic heterocycles. The third kappa shape index (κ3) is 1.60. The fourth-order valence-electron chi connectivity index (χ4n) is 3.17. The van der Waals surface area contributed by atoms with Gasteiger partial charge in [-0.15, -0.1) is 0 Å². The van der Waals surface area contributed by atoms with Crippen molar-refractivity contribution in [3.63, 3.8) is 0 Å². The highest BCUT2D eigenvalue weighted by Gasteiger charge is 2.53. The van der Waals surface area contributed by atoms with Gasteiger partial charge in [-0.1, -0.05) is 0 Å². The van der Waals surface area contributed by atoms with Crippen molar-refractivity contribution >= 4 is 0 Å². The summed E-state index contributed by atoms with van der Waals surface area (Å²) >= 11 is 0. The second-order valence-electron chi connectivity index (χ2n) is 5.30. The zero-order chi connectivity index (χ0) is 10.6. The molecule has 2 saturated heterocycles. The Balaban J connectivity index is 1.74. The van der Waals surface area contributed by atoms with Crippen LogP contribution in [0.5, 0.6) is 0 Å². The van der Waals surface area contributed by atoms with Crippen LogP contribution >= 0.6 is 0 Å². The normalized spacial score (nSPS) is 52.6. The summed E-state index contributed by atoms with van der Waals surface area (Å²) in [5, 5.41) is 9.42. The highest BCUT2D eigenvalue weighted by molar-refractivity contribution is 4.98. The minimum atomic E-state index is -0.573. The molecule has 15 heavy (non-hydrogen) atoms. The number of aliphatic hydroxyl groups excluding tert-OH is 1. The second kappa shape index (κ2) is 3.17. The van der Waals surface area contributed by atoms with Crippen molar-refractivity contribution in [1.29, 1.82) is 0 Å². The molecule has 0 aromatic rings. The van der Waals surface area contributed by atoms with Crippen molar-refractivity contribution < 1.29 is 19.3 Å². The van der Waals surface area contributed by atoms with Gasteiger partial charge in [-0.25, -0.2) is 0 Å². The molecule has 5 atom stereocenters. The van der Waals surface area contributed by atoms with Crippen LogP contribution in [-0.2, 0) is 14.2 Å². The molecule has 1 saturated carbocycles. The molecule has 0 amide bonds. The van der Waals surface area contributed by atoms with Crippen LogP contribution in [0, 0.1) is 11.8 Å². The maximum Gasteiger partial charge on any atom is 0.163 e. The second-order valence-corrected chi connectivity index (χ2v) is 5.30. The Morgan fingerprint density at radius 2 is 1.93 bits per heavy atom. The molecule has 2 heterocycles. The number of hydrogen-bond donors (Lipinski definition) is 1. The van der Waals surface area contributed by atoms with Crippen LogP contribution < -0.4 is 0 Å². The fraction of sp³-hybridized carbons (Fsp3) is 1.00. The van der Waals surface area contributed by atoms with Crippen molar-refractivity contribution in [2.24, 2.45) is 11.8 Å². The molecule has 2 aliphatic heterocycles. The van der Waals surface area contributed by atoms with Crippen molar-refractivity contribution in [2.75, 3.05) is 6.61 Å². The van der Waals surface area contributed by atoms with E-state index >= 15 is 0 Å². The Kier molecular flexibility index (Phi) is 2.12. The molecule has 4 heteroatoms. The topological polar surface area (TPSA) is 47.9 Å². The average molecular weight is 214 g/mol. The van der Waals surface area contributed by atoms with Crippen LogP contribution in [0.2, 0.25) is 0 Å². The Morgan fingerprint density at radius 3 is 2.73 bits per heavy atom. The van der Waals surface area contributed by atoms with Crippen molar-refractivity contribution in [2.45, 2.75) is 51.0 Å². The van der Waals surface area contributed by atoms with E-state index in [1.165, 1.54) is 0 Å². The summed E-state index contributed by atoms with van der Waals surface area (Å²) in [6.45, 7) is 4.63. The summed E-state index contributed by atoms with van der Waals surface area (Å²) in [5.41, 5.74) is 0. The summed E-state index contributed by atoms with van der Waals surface area (Å²) in [7, 11) is 0. The Hall–Kier alpha value is -0.160. The van der Waals surface area contributed by atoms with Gasteiger partial charge < -0.3 is 19.3 Å². The molecule has 4 nitrogen and oxygen atoms in total. The molecule has 3 fully saturated rings. The standard InChI is InChI=1S/C11H18O4/c1-11(2)13-5-7-6-3-10(12)14-8(6)4-9(7)15-11/h6-10,12H,3-5H2,1-2H3/t6-,7-,8+,9-,10?/m1/s1. The van der Waals surface area contributed by atoms with E-state index in [9.17, 15) is 5.11 Å². The van der Waals surface area contributed by atoms with E-state index < -0.39 is 12.1 Å². The van der Waals surface area contributed by atoms with Crippen molar-refractivity contribution in [3.8, 4) is 0 Å². The van der Waals surface area contributed by atoms with Gasteiger partial charge in [-0.05, 0) is 19.8 Å². The minimum Gasteiger partial charge on any atom is -0.368 e. The van der Waals surface area contributed by atoms with Gasteiger partial charge in [0.05, 0.1) is 18.8 Å². The molecule has 0 bridgehead atoms. The van der Waals surface area contributed by atoms with Crippen molar-refractivity contribution in [3.05, 3.63) is 0 Å². The van der Waals surface area contributed by atoms with Crippen LogP contribution in [0.4, 0.5) is 0 Å². The van der Waals surface area contributed by atoms with Gasteiger partial charge in [0.1, 0.15) is 0 Å². The van der Waals surface area contributed by atoms with Crippen LogP contribution in [0.25, 0.3) is 0 Å². The Bertz CT molecular complexity index is 265. The van der Waals surface area contributed by atoms with Crippen LogP contribution in [0.3, 0.4) is 0 Å². The monoisotopic (exact) mass is 214 g/mol. The van der Waals surface area contributed by atoms with E-state index in [-0.39, 0.29) is 12.2 Å². The third-order valence-electron chi connectivity index (χ3n) is 3.83. The minimum absolute atomic E-state index is 0.174. The average Bonchev–Trinajstić information content (AvgIpc) is 2.57. The molecule has 0 spiro atoms. The number of fused-ring (bicyclic) bond motifs is 3. The predicted octanol–water partition coefficient (Wildman–Crippen LogP) is 0.881. The van der Waals surface area contributed by atoms with Gasteiger partial charge in [0, 0.05) is 18.8 Å². The molecule has 1 N–H and O–H groups in total. The van der Waals surface area contributed by atoms with Crippen LogP contribution in [0.1, 0.15) is 26.7 Å². The first-order valence-corrected chi connectivity index (χ1v) is 5.70. The number of hydrogen-bond acceptors (Lipinski definition) is 4. The fourth-order valence-corrected chi connectivity index (χ4v) is 3.17. The first-order valence-electron chi connectivity index (χ1n) is 5.70. The molecular weight excluding hydrogens is 196 g/mol. The first-order chi connectivity index (χ1) is 7.05. The SMILES string of the molecule is CC1(C)OC[C@@H]2[C@H]3CC(O)O[C@H]3C[C@H]2O1. The molecular formula is C11H18O4. The zero-order valence-corrected chi connectivity index (χ0v) is 9.18. The quantitative estimate of drug-likeness (QED) is 0.650. The third-order valence-corrected chi connectivity index (χ3v) is 3.83. The summed E-state index contributed by atoms with van der Waals surface area (Å²) in [4.78, 5) is 0. The highest BCUT2D eigenvalue weighted by atomic mass is 16.7. The molecule has 0 radical (unpaired) electrons. The van der Waals surface area contributed by atoms with Gasteiger partial charge in [0.15, 0.2) is 12.1 Å². The molecule has 0 aromatic carbocycles. The largest absolute Gasteiger partial charge is 0.368 e. The predicted molar refractivity (Wildman–Crippen MR) is 52.0 cm³/mol. The lowest BCUT2D eigenvalue weighted by molar-refractivity contribution is -0.291. The molecule has 1 aliphatic carbocycles. The summed E-state index contributed by atoms with van der Waals surface area (Å²) < 4.78 is 17.0. The van der Waals surface area contributed by atoms with Crippen LogP contribution in [0.15, 0.2) is 0 Å². The zero-order valence-electron chi connectivity index (χ0n) is 9.18. The molecule has 3 rings (SSSR count). The summed E-state index contributed by atoms with van der Waals surface area (Å²) in [5.74, 6) is 0.361. The molecule has 3 aliphatic rings. The van der Waals surface area contributed by atoms with E-state index in [1.807, 2.05) is 13.8 Å². The number of ether oxygens (including phenoxy) is 3. The van der Waals surface area contributed by atoms with Crippen LogP contribution in [-0.4, -0.2) is 36.0 Å². The molecule has 86 valence electrons. The lowest BCUT2D eigenvalue weighted by Crippen LogP contribution is -2.44. The summed E-state index contributed by atoms with van der Waals surface area (Å²) in [6, 6.07) is 0. The van der Waals surface area contributed by atoms with E-state index in [0.717, 1.165) is 19.4 Å². The molecule has 1 unspecified atom stereocenters. The van der Waals surface area contributed by atoms with E-state index in [1.54, 1.807) is 0 Å². The maximum absolute atomic E-state index is 9.42. The smallest absolute Gasteiger partial charge is 0.163 e. The van der Waals surface area contributed by atoms with Gasteiger partial charge in [0.25, 0.3) is 0 Å². The van der Waals surface area contributed by atoms with E-state index in [4.69, 9.17) is 14.2 Å². The van der Waals surface area contributed by atoms with E-state index in [2.05, 4.69) is 0 Å². The summed E-state index contributed by atoms with van der Waals surface area (Å²) in [6.07, 6.45) is 1.48. The van der Waals surface area contributed by atoms with Gasteiger partial charge >= 0.3 is 0 Å².